The lowest BCUT2D eigenvalue weighted by molar-refractivity contribution is -0.138. The third kappa shape index (κ3) is 4.62. The van der Waals surface area contributed by atoms with E-state index in [1.807, 2.05) is 12.1 Å². The number of carbonyl (C=O) groups excluding carboxylic acids is 5. The minimum atomic E-state index is -2.03. The van der Waals surface area contributed by atoms with Crippen molar-refractivity contribution in [1.29, 1.82) is 0 Å². The van der Waals surface area contributed by atoms with Crippen molar-refractivity contribution in [2.75, 3.05) is 24.6 Å². The molecule has 4 aliphatic rings. The Bertz CT molecular complexity index is 1950. The number of anilines is 1. The van der Waals surface area contributed by atoms with Gasteiger partial charge in [0.1, 0.15) is 0 Å². The monoisotopic (exact) mass is 766 g/mol. The smallest absolute Gasteiger partial charge is 0.254 e. The van der Waals surface area contributed by atoms with Gasteiger partial charge in [-0.3, -0.25) is 33.8 Å². The molecule has 2 aliphatic heterocycles. The Hall–Kier alpha value is -4.19. The number of phenolic OH excluding ortho intramolecular Hbond substituents is 1. The number of rotatable bonds is 7. The van der Waals surface area contributed by atoms with E-state index in [1.165, 1.54) is 26.4 Å². The number of alkyl halides is 3. The zero-order chi connectivity index (χ0) is 35.0. The molecule has 3 fully saturated rings. The van der Waals surface area contributed by atoms with Crippen LogP contribution < -0.4 is 14.4 Å². The van der Waals surface area contributed by atoms with E-state index >= 15 is 0 Å². The number of nitrogens with zero attached hydrogens (tertiary/aromatic N) is 2. The first kappa shape index (κ1) is 33.3. The van der Waals surface area contributed by atoms with Crippen LogP contribution >= 0.6 is 39.1 Å². The fourth-order valence-corrected chi connectivity index (χ4v) is 9.41. The van der Waals surface area contributed by atoms with E-state index in [2.05, 4.69) is 15.9 Å². The number of phenols is 1. The van der Waals surface area contributed by atoms with Gasteiger partial charge in [-0.1, -0.05) is 57.9 Å². The summed E-state index contributed by atoms with van der Waals surface area (Å²) >= 11 is 17.8. The third-order valence-corrected chi connectivity index (χ3v) is 12.2. The van der Waals surface area contributed by atoms with E-state index < -0.39 is 57.0 Å². The van der Waals surface area contributed by atoms with Gasteiger partial charge in [0.2, 0.25) is 17.6 Å². The van der Waals surface area contributed by atoms with Crippen molar-refractivity contribution in [2.45, 2.75) is 28.5 Å². The summed E-state index contributed by atoms with van der Waals surface area (Å²) in [5.74, 6) is -6.26. The number of benzene rings is 3. The summed E-state index contributed by atoms with van der Waals surface area (Å²) < 4.78 is 10.8. The van der Waals surface area contributed by atoms with Crippen LogP contribution in [0.1, 0.15) is 40.2 Å². The molecule has 13 heteroatoms. The Morgan fingerprint density at radius 3 is 2.10 bits per heavy atom. The molecule has 10 nitrogen and oxygen atoms in total. The normalized spacial score (nSPS) is 29.0. The molecule has 3 aromatic rings. The molecule has 1 saturated carbocycles. The number of aromatic hydroxyl groups is 1. The predicted molar refractivity (Wildman–Crippen MR) is 183 cm³/mol. The highest BCUT2D eigenvalue weighted by atomic mass is 79.9. The highest BCUT2D eigenvalue weighted by Gasteiger charge is 2.76. The molecule has 49 heavy (non-hydrogen) atoms. The first-order valence-electron chi connectivity index (χ1n) is 15.5. The zero-order valence-electron chi connectivity index (χ0n) is 26.2. The summed E-state index contributed by atoms with van der Waals surface area (Å²) in [7, 11) is 2.71. The number of hydrogen-bond donors (Lipinski definition) is 1. The number of ketones is 1. The maximum atomic E-state index is 14.4. The summed E-state index contributed by atoms with van der Waals surface area (Å²) in [6.07, 6.45) is 1.80. The molecule has 6 atom stereocenters. The lowest BCUT2D eigenvalue weighted by atomic mass is 9.56. The first-order chi connectivity index (χ1) is 23.4. The molecule has 0 bridgehead atoms. The molecule has 4 amide bonds. The van der Waals surface area contributed by atoms with Crippen molar-refractivity contribution in [2.24, 2.45) is 17.8 Å². The average molecular weight is 768 g/mol. The maximum Gasteiger partial charge on any atom is 0.254 e. The van der Waals surface area contributed by atoms with Crippen molar-refractivity contribution in [3.63, 3.8) is 0 Å². The number of ether oxygens (including phenoxy) is 2. The molecule has 7 rings (SSSR count). The highest BCUT2D eigenvalue weighted by molar-refractivity contribution is 9.09. The third-order valence-electron chi connectivity index (χ3n) is 10.3. The van der Waals surface area contributed by atoms with E-state index in [4.69, 9.17) is 32.7 Å². The molecule has 3 aromatic carbocycles. The minimum Gasteiger partial charge on any atom is -0.502 e. The van der Waals surface area contributed by atoms with E-state index in [0.29, 0.717) is 28.0 Å². The first-order valence-corrected chi connectivity index (χ1v) is 17.3. The van der Waals surface area contributed by atoms with Crippen LogP contribution in [-0.2, 0) is 19.2 Å². The zero-order valence-corrected chi connectivity index (χ0v) is 29.3. The summed E-state index contributed by atoms with van der Waals surface area (Å²) in [6, 6.07) is 18.0. The molecule has 2 aliphatic carbocycles. The minimum absolute atomic E-state index is 0.0350. The SMILES string of the molecule is COc1cc(C2C3=CCC4C(=O)N(c5ccc(C(=O)c6ccccc6)cc5)C(=O)C4C3CC3(Cl)C(=O)N(CBr)C(=O)C23Cl)cc(OC)c1O. The lowest BCUT2D eigenvalue weighted by Crippen LogP contribution is -2.60. The van der Waals surface area contributed by atoms with Gasteiger partial charge in [-0.15, -0.1) is 23.2 Å². The Balaban J connectivity index is 1.31. The van der Waals surface area contributed by atoms with E-state index in [-0.39, 0.29) is 41.3 Å². The number of likely N-dealkylation sites (tertiary alicyclic amines) is 1. The number of amides is 4. The second kappa shape index (κ2) is 12.0. The van der Waals surface area contributed by atoms with Crippen LogP contribution in [0.3, 0.4) is 0 Å². The Morgan fingerprint density at radius 1 is 0.898 bits per heavy atom. The van der Waals surface area contributed by atoms with Crippen LogP contribution in [0.15, 0.2) is 78.4 Å². The number of carbonyl (C=O) groups is 5. The molecular formula is C36H29BrCl2N2O8. The van der Waals surface area contributed by atoms with Crippen LogP contribution in [0.4, 0.5) is 5.69 Å². The van der Waals surface area contributed by atoms with Crippen LogP contribution in [0, 0.1) is 17.8 Å². The van der Waals surface area contributed by atoms with E-state index in [0.717, 1.165) is 9.80 Å². The van der Waals surface area contributed by atoms with E-state index in [9.17, 15) is 29.1 Å². The molecule has 0 spiro atoms. The van der Waals surface area contributed by atoms with Crippen molar-refractivity contribution in [3.05, 3.63) is 95.1 Å². The predicted octanol–water partition coefficient (Wildman–Crippen LogP) is 5.56. The quantitative estimate of drug-likeness (QED) is 0.109. The fraction of sp³-hybridized carbons (Fsp3) is 0.306. The summed E-state index contributed by atoms with van der Waals surface area (Å²) in [4.78, 5) is 67.4. The van der Waals surface area contributed by atoms with Gasteiger partial charge >= 0.3 is 0 Å². The molecule has 0 radical (unpaired) electrons. The van der Waals surface area contributed by atoms with Gasteiger partial charge in [-0.25, -0.2) is 0 Å². The largest absolute Gasteiger partial charge is 0.502 e. The topological polar surface area (TPSA) is 131 Å². The molecular weight excluding hydrogens is 739 g/mol. The van der Waals surface area contributed by atoms with Crippen LogP contribution in [0.25, 0.3) is 0 Å². The molecule has 252 valence electrons. The Labute approximate surface area is 299 Å². The number of methoxy groups -OCH3 is 2. The molecule has 0 aromatic heterocycles. The highest BCUT2D eigenvalue weighted by Crippen LogP contribution is 2.66. The van der Waals surface area contributed by atoms with Gasteiger partial charge in [0.25, 0.3) is 11.8 Å². The number of halogens is 3. The Kier molecular flexibility index (Phi) is 8.16. The lowest BCUT2D eigenvalue weighted by Gasteiger charge is -2.50. The maximum absolute atomic E-state index is 14.4. The fourth-order valence-electron chi connectivity index (χ4n) is 7.98. The van der Waals surface area contributed by atoms with Crippen LogP contribution in [0.2, 0.25) is 0 Å². The molecule has 2 saturated heterocycles. The van der Waals surface area contributed by atoms with Gasteiger partial charge in [-0.05, 0) is 60.7 Å². The molecule has 2 heterocycles. The van der Waals surface area contributed by atoms with Crippen LogP contribution in [0.5, 0.6) is 17.2 Å². The molecule has 6 unspecified atom stereocenters. The second-order valence-electron chi connectivity index (χ2n) is 12.5. The standard InChI is InChI=1S/C36H29BrCl2N2O8/c1-48-25-14-20(15-26(49-2)30(25)43)28-22-12-13-23-27(24(22)16-35(38)33(46)40(17-37)34(47)36(28,35)39)32(45)41(31(23)44)21-10-8-19(9-11-21)29(42)18-6-4-3-5-7-18/h3-12,14-15,23-24,27-28,43H,13,16-17H2,1-2H3. The summed E-state index contributed by atoms with van der Waals surface area (Å²) in [5.41, 5.74) is 1.99. The van der Waals surface area contributed by atoms with Gasteiger partial charge in [0, 0.05) is 17.0 Å². The number of imide groups is 2. The number of allylic oxidation sites excluding steroid dienone is 2. The number of hydrogen-bond acceptors (Lipinski definition) is 8. The summed E-state index contributed by atoms with van der Waals surface area (Å²) in [5, 5.41) is 10.7. The number of fused-ring (bicyclic) bond motifs is 4. The van der Waals surface area contributed by atoms with Gasteiger partial charge in [0.15, 0.2) is 27.0 Å². The summed E-state index contributed by atoms with van der Waals surface area (Å²) in [6.45, 7) is 0. The Morgan fingerprint density at radius 2 is 1.51 bits per heavy atom. The van der Waals surface area contributed by atoms with Gasteiger partial charge < -0.3 is 14.6 Å². The van der Waals surface area contributed by atoms with Crippen molar-refractivity contribution in [3.8, 4) is 17.2 Å². The van der Waals surface area contributed by atoms with Gasteiger partial charge in [-0.2, -0.15) is 0 Å². The van der Waals surface area contributed by atoms with Crippen molar-refractivity contribution in [1.82, 2.24) is 4.90 Å². The average Bonchev–Trinajstić information content (AvgIpc) is 3.45. The van der Waals surface area contributed by atoms with Crippen molar-refractivity contribution >= 4 is 74.2 Å². The van der Waals surface area contributed by atoms with Gasteiger partial charge in [0.05, 0.1) is 37.2 Å². The second-order valence-corrected chi connectivity index (χ2v) is 14.3. The van der Waals surface area contributed by atoms with Crippen LogP contribution in [-0.4, -0.2) is 68.8 Å². The van der Waals surface area contributed by atoms with E-state index in [1.54, 1.807) is 48.5 Å². The molecule has 1 N–H and O–H groups in total. The van der Waals surface area contributed by atoms with Crippen molar-refractivity contribution < 1.29 is 38.6 Å².